The van der Waals surface area contributed by atoms with Crippen molar-refractivity contribution >= 4 is 17.5 Å². The van der Waals surface area contributed by atoms with Crippen LogP contribution in [0.5, 0.6) is 5.75 Å². The standard InChI is InChI=1S/C14H15FN4O2S/c1-10-17-18-14(19(10)16)22-9-8-21-13-5-3-2-4-11(13)12(20)6-7-15/h2-7H,8-9,16H2,1H3/b7-6+. The van der Waals surface area contributed by atoms with Gasteiger partial charge in [-0.05, 0) is 19.1 Å². The van der Waals surface area contributed by atoms with Gasteiger partial charge in [-0.2, -0.15) is 0 Å². The summed E-state index contributed by atoms with van der Waals surface area (Å²) in [5, 5.41) is 8.36. The number of nitrogens with zero attached hydrogens (tertiary/aromatic N) is 3. The van der Waals surface area contributed by atoms with Crippen molar-refractivity contribution in [1.82, 2.24) is 14.9 Å². The minimum absolute atomic E-state index is 0.214. The smallest absolute Gasteiger partial charge is 0.209 e. The first-order valence-electron chi connectivity index (χ1n) is 6.46. The van der Waals surface area contributed by atoms with Crippen LogP contribution < -0.4 is 10.6 Å². The Bertz CT molecular complexity index is 687. The molecule has 0 saturated carbocycles. The zero-order valence-corrected chi connectivity index (χ0v) is 12.7. The van der Waals surface area contributed by atoms with Gasteiger partial charge in [-0.1, -0.05) is 23.9 Å². The van der Waals surface area contributed by atoms with Crippen LogP contribution in [0.3, 0.4) is 0 Å². The SMILES string of the molecule is Cc1nnc(SCCOc2ccccc2C(=O)/C=C/F)n1N. The number of carbonyl (C=O) groups is 1. The number of aromatic nitrogens is 3. The van der Waals surface area contributed by atoms with E-state index in [0.29, 0.717) is 34.7 Å². The number of hydrogen-bond acceptors (Lipinski definition) is 6. The first-order chi connectivity index (χ1) is 10.6. The molecular weight excluding hydrogens is 307 g/mol. The molecule has 2 aromatic rings. The highest BCUT2D eigenvalue weighted by Gasteiger charge is 2.10. The van der Waals surface area contributed by atoms with Crippen LogP contribution in [0, 0.1) is 6.92 Å². The monoisotopic (exact) mass is 322 g/mol. The molecule has 8 heteroatoms. The van der Waals surface area contributed by atoms with E-state index in [1.165, 1.54) is 16.4 Å². The van der Waals surface area contributed by atoms with Gasteiger partial charge in [0.1, 0.15) is 11.6 Å². The van der Waals surface area contributed by atoms with Gasteiger partial charge in [0.2, 0.25) is 5.16 Å². The Hall–Kier alpha value is -2.35. The first-order valence-corrected chi connectivity index (χ1v) is 7.45. The summed E-state index contributed by atoms with van der Waals surface area (Å²) in [5.41, 5.74) is 0.319. The fourth-order valence-electron chi connectivity index (χ4n) is 1.68. The van der Waals surface area contributed by atoms with E-state index in [2.05, 4.69) is 10.2 Å². The number of hydrogen-bond donors (Lipinski definition) is 1. The van der Waals surface area contributed by atoms with Crippen molar-refractivity contribution in [3.05, 3.63) is 48.1 Å². The molecule has 0 atom stereocenters. The van der Waals surface area contributed by atoms with Gasteiger partial charge in [-0.25, -0.2) is 9.07 Å². The highest BCUT2D eigenvalue weighted by molar-refractivity contribution is 7.99. The number of rotatable bonds is 7. The predicted molar refractivity (Wildman–Crippen MR) is 82.1 cm³/mol. The van der Waals surface area contributed by atoms with Crippen LogP contribution in [-0.4, -0.2) is 33.0 Å². The molecule has 0 radical (unpaired) electrons. The summed E-state index contributed by atoms with van der Waals surface area (Å²) in [5.74, 6) is 6.91. The molecule has 0 aliphatic rings. The topological polar surface area (TPSA) is 83.0 Å². The van der Waals surface area contributed by atoms with E-state index in [4.69, 9.17) is 10.6 Å². The molecule has 0 aliphatic heterocycles. The summed E-state index contributed by atoms with van der Waals surface area (Å²) in [6.45, 7) is 2.11. The van der Waals surface area contributed by atoms with Crippen molar-refractivity contribution < 1.29 is 13.9 Å². The molecule has 1 heterocycles. The maximum absolute atomic E-state index is 12.1. The van der Waals surface area contributed by atoms with E-state index in [9.17, 15) is 9.18 Å². The molecule has 1 aromatic heterocycles. The molecule has 0 aliphatic carbocycles. The Morgan fingerprint density at radius 3 is 2.91 bits per heavy atom. The van der Waals surface area contributed by atoms with Crippen molar-refractivity contribution in [1.29, 1.82) is 0 Å². The Morgan fingerprint density at radius 2 is 2.23 bits per heavy atom. The maximum Gasteiger partial charge on any atom is 0.209 e. The lowest BCUT2D eigenvalue weighted by Gasteiger charge is -2.09. The summed E-state index contributed by atoms with van der Waals surface area (Å²) in [6, 6.07) is 6.70. The van der Waals surface area contributed by atoms with E-state index in [0.717, 1.165) is 6.08 Å². The molecule has 6 nitrogen and oxygen atoms in total. The molecule has 22 heavy (non-hydrogen) atoms. The van der Waals surface area contributed by atoms with Crippen molar-refractivity contribution in [2.24, 2.45) is 0 Å². The highest BCUT2D eigenvalue weighted by Crippen LogP contribution is 2.20. The van der Waals surface area contributed by atoms with Gasteiger partial charge in [0.15, 0.2) is 5.78 Å². The van der Waals surface area contributed by atoms with Gasteiger partial charge >= 0.3 is 0 Å². The number of ketones is 1. The van der Waals surface area contributed by atoms with E-state index >= 15 is 0 Å². The minimum atomic E-state index is -0.442. The van der Waals surface area contributed by atoms with Gasteiger partial charge < -0.3 is 10.6 Å². The van der Waals surface area contributed by atoms with Gasteiger partial charge in [0, 0.05) is 11.8 Å². The summed E-state index contributed by atoms with van der Waals surface area (Å²) in [7, 11) is 0. The summed E-state index contributed by atoms with van der Waals surface area (Å²) in [4.78, 5) is 11.7. The third-order valence-electron chi connectivity index (χ3n) is 2.77. The normalized spacial score (nSPS) is 11.0. The van der Waals surface area contributed by atoms with E-state index in [-0.39, 0.29) is 6.33 Å². The molecule has 0 bridgehead atoms. The minimum Gasteiger partial charge on any atom is -0.492 e. The van der Waals surface area contributed by atoms with Gasteiger partial charge in [0.25, 0.3) is 0 Å². The Kier molecular flexibility index (Phi) is 5.54. The number of nitrogen functional groups attached to an aromatic ring is 1. The number of nitrogens with two attached hydrogens (primary N) is 1. The second-order valence-electron chi connectivity index (χ2n) is 4.25. The number of allylic oxidation sites excluding steroid dienone is 1. The lowest BCUT2D eigenvalue weighted by atomic mass is 10.1. The van der Waals surface area contributed by atoms with Crippen LogP contribution in [0.1, 0.15) is 16.2 Å². The van der Waals surface area contributed by atoms with E-state index in [1.54, 1.807) is 31.2 Å². The Morgan fingerprint density at radius 1 is 1.45 bits per heavy atom. The third-order valence-corrected chi connectivity index (χ3v) is 3.68. The Labute approximate surface area is 131 Å². The molecule has 0 fully saturated rings. The van der Waals surface area contributed by atoms with E-state index in [1.807, 2.05) is 0 Å². The molecule has 0 unspecified atom stereocenters. The van der Waals surface area contributed by atoms with E-state index < -0.39 is 5.78 Å². The fourth-order valence-corrected chi connectivity index (χ4v) is 2.39. The average Bonchev–Trinajstić information content (AvgIpc) is 2.84. The lowest BCUT2D eigenvalue weighted by molar-refractivity contribution is 0.104. The van der Waals surface area contributed by atoms with Crippen LogP contribution in [0.2, 0.25) is 0 Å². The molecule has 0 saturated heterocycles. The molecule has 0 amide bonds. The number of carbonyl (C=O) groups excluding carboxylic acids is 1. The average molecular weight is 322 g/mol. The number of aryl methyl sites for hydroxylation is 1. The molecule has 116 valence electrons. The molecular formula is C14H15FN4O2S. The van der Waals surface area contributed by atoms with Gasteiger partial charge in [-0.3, -0.25) is 4.79 Å². The maximum atomic E-state index is 12.1. The first kappa shape index (κ1) is 16.0. The lowest BCUT2D eigenvalue weighted by Crippen LogP contribution is -2.12. The summed E-state index contributed by atoms with van der Waals surface area (Å²) in [6.07, 6.45) is 1.07. The van der Waals surface area contributed by atoms with Crippen LogP contribution in [0.15, 0.2) is 41.8 Å². The van der Waals surface area contributed by atoms with Crippen LogP contribution >= 0.6 is 11.8 Å². The second-order valence-corrected chi connectivity index (χ2v) is 5.31. The molecule has 1 aromatic carbocycles. The number of ether oxygens (including phenoxy) is 1. The summed E-state index contributed by atoms with van der Waals surface area (Å²) < 4.78 is 19.1. The molecule has 2 N–H and O–H groups in total. The number of thioether (sulfide) groups is 1. The Balaban J connectivity index is 1.92. The number of para-hydroxylation sites is 1. The van der Waals surface area contributed by atoms with Crippen molar-refractivity contribution in [2.45, 2.75) is 12.1 Å². The zero-order chi connectivity index (χ0) is 15.9. The summed E-state index contributed by atoms with van der Waals surface area (Å²) >= 11 is 1.39. The highest BCUT2D eigenvalue weighted by atomic mass is 32.2. The van der Waals surface area contributed by atoms with Gasteiger partial charge in [0.05, 0.1) is 18.5 Å². The number of halogens is 1. The molecule has 2 rings (SSSR count). The van der Waals surface area contributed by atoms with Crippen LogP contribution in [0.4, 0.5) is 4.39 Å². The van der Waals surface area contributed by atoms with Crippen molar-refractivity contribution in [3.63, 3.8) is 0 Å². The fraction of sp³-hybridized carbons (Fsp3) is 0.214. The van der Waals surface area contributed by atoms with Crippen LogP contribution in [0.25, 0.3) is 0 Å². The number of benzene rings is 1. The quantitative estimate of drug-likeness (QED) is 0.276. The van der Waals surface area contributed by atoms with Gasteiger partial charge in [-0.15, -0.1) is 10.2 Å². The van der Waals surface area contributed by atoms with Crippen LogP contribution in [-0.2, 0) is 0 Å². The zero-order valence-electron chi connectivity index (χ0n) is 11.9. The second kappa shape index (κ2) is 7.60. The largest absolute Gasteiger partial charge is 0.492 e. The van der Waals surface area contributed by atoms with Crippen molar-refractivity contribution in [3.8, 4) is 5.75 Å². The molecule has 0 spiro atoms. The third kappa shape index (κ3) is 3.85. The predicted octanol–water partition coefficient (Wildman–Crippen LogP) is 2.14. The van der Waals surface area contributed by atoms with Crippen molar-refractivity contribution in [2.75, 3.05) is 18.2 Å².